The van der Waals surface area contributed by atoms with Gasteiger partial charge in [-0.1, -0.05) is 0 Å². The normalized spacial score (nSPS) is 11.0. The van der Waals surface area contributed by atoms with E-state index in [4.69, 9.17) is 0 Å². The number of nitrogens with one attached hydrogen (secondary N) is 2. The first-order valence-corrected chi connectivity index (χ1v) is 5.90. The van der Waals surface area contributed by atoms with Gasteiger partial charge in [0.15, 0.2) is 0 Å². The minimum Gasteiger partial charge on any atom is -0.342 e. The molecule has 0 radical (unpaired) electrons. The van der Waals surface area contributed by atoms with Crippen molar-refractivity contribution in [2.24, 2.45) is 7.05 Å². The van der Waals surface area contributed by atoms with Crippen molar-refractivity contribution in [3.8, 4) is 11.3 Å². The smallest absolute Gasteiger partial charge is 0.106 e. The van der Waals surface area contributed by atoms with Crippen molar-refractivity contribution in [3.05, 3.63) is 23.9 Å². The summed E-state index contributed by atoms with van der Waals surface area (Å²) in [5.74, 6) is 1.04. The molecule has 0 amide bonds. The Bertz CT molecular complexity index is 483. The van der Waals surface area contributed by atoms with Gasteiger partial charge in [-0.15, -0.1) is 0 Å². The first-order valence-electron chi connectivity index (χ1n) is 5.90. The minimum atomic E-state index is 0.972. The Hall–Kier alpha value is -1.62. The van der Waals surface area contributed by atoms with Crippen molar-refractivity contribution < 1.29 is 0 Å². The topological polar surface area (TPSA) is 58.5 Å². The Kier molecular flexibility index (Phi) is 3.58. The first kappa shape index (κ1) is 11.9. The number of H-pyrrole nitrogens is 1. The van der Waals surface area contributed by atoms with Gasteiger partial charge in [0.25, 0.3) is 0 Å². The average Bonchev–Trinajstić information content (AvgIpc) is 2.86. The lowest BCUT2D eigenvalue weighted by molar-refractivity contribution is 0.707. The van der Waals surface area contributed by atoms with Crippen LogP contribution >= 0.6 is 0 Å². The van der Waals surface area contributed by atoms with Gasteiger partial charge in [0.1, 0.15) is 5.82 Å². The lowest BCUT2D eigenvalue weighted by Gasteiger charge is -1.97. The number of hydrogen-bond donors (Lipinski definition) is 2. The molecular weight excluding hydrogens is 214 g/mol. The highest BCUT2D eigenvalue weighted by Gasteiger charge is 2.08. The Morgan fingerprint density at radius 1 is 1.47 bits per heavy atom. The molecular formula is C12H19N5. The van der Waals surface area contributed by atoms with Crippen LogP contribution in [-0.4, -0.2) is 33.3 Å². The van der Waals surface area contributed by atoms with Gasteiger partial charge >= 0.3 is 0 Å². The van der Waals surface area contributed by atoms with Gasteiger partial charge in [0, 0.05) is 25.2 Å². The van der Waals surface area contributed by atoms with Gasteiger partial charge < -0.3 is 10.3 Å². The molecule has 5 heteroatoms. The zero-order valence-electron chi connectivity index (χ0n) is 10.6. The molecule has 0 saturated heterocycles. The number of imidazole rings is 1. The maximum Gasteiger partial charge on any atom is 0.106 e. The molecule has 0 unspecified atom stereocenters. The zero-order chi connectivity index (χ0) is 12.3. The summed E-state index contributed by atoms with van der Waals surface area (Å²) in [6.07, 6.45) is 5.97. The first-order chi connectivity index (χ1) is 8.20. The van der Waals surface area contributed by atoms with E-state index in [-0.39, 0.29) is 0 Å². The summed E-state index contributed by atoms with van der Waals surface area (Å²) in [6, 6.07) is 0. The highest BCUT2D eigenvalue weighted by Crippen LogP contribution is 2.20. The second-order valence-electron chi connectivity index (χ2n) is 4.25. The zero-order valence-corrected chi connectivity index (χ0v) is 10.6. The molecule has 0 spiro atoms. The second-order valence-corrected chi connectivity index (χ2v) is 4.25. The molecule has 0 aliphatic carbocycles. The predicted octanol–water partition coefficient (Wildman–Crippen LogP) is 1.27. The molecule has 2 rings (SSSR count). The Labute approximate surface area is 101 Å². The molecule has 0 aliphatic rings. The predicted molar refractivity (Wildman–Crippen MR) is 67.8 cm³/mol. The minimum absolute atomic E-state index is 0.972. The molecule has 5 nitrogen and oxygen atoms in total. The van der Waals surface area contributed by atoms with Crippen molar-refractivity contribution in [1.82, 2.24) is 25.1 Å². The lowest BCUT2D eigenvalue weighted by Crippen LogP contribution is -2.08. The summed E-state index contributed by atoms with van der Waals surface area (Å²) in [5.41, 5.74) is 3.20. The lowest BCUT2D eigenvalue weighted by atomic mass is 10.2. The Balaban J connectivity index is 2.10. The van der Waals surface area contributed by atoms with E-state index >= 15 is 0 Å². The van der Waals surface area contributed by atoms with Crippen LogP contribution in [0.25, 0.3) is 11.3 Å². The molecule has 0 aliphatic heterocycles. The van der Waals surface area contributed by atoms with Crippen molar-refractivity contribution in [3.63, 3.8) is 0 Å². The van der Waals surface area contributed by atoms with Crippen LogP contribution in [0, 0.1) is 6.92 Å². The van der Waals surface area contributed by atoms with Crippen LogP contribution in [0.5, 0.6) is 0 Å². The maximum absolute atomic E-state index is 4.39. The Morgan fingerprint density at radius 3 is 2.94 bits per heavy atom. The molecule has 0 saturated carbocycles. The third kappa shape index (κ3) is 2.74. The van der Waals surface area contributed by atoms with Gasteiger partial charge in [-0.25, -0.2) is 4.98 Å². The highest BCUT2D eigenvalue weighted by atomic mass is 15.2. The molecule has 2 aromatic rings. The molecule has 0 aromatic carbocycles. The van der Waals surface area contributed by atoms with Crippen molar-refractivity contribution in [1.29, 1.82) is 0 Å². The molecule has 2 heterocycles. The van der Waals surface area contributed by atoms with Crippen molar-refractivity contribution in [2.75, 3.05) is 13.6 Å². The van der Waals surface area contributed by atoms with Gasteiger partial charge in [-0.3, -0.25) is 4.68 Å². The van der Waals surface area contributed by atoms with E-state index in [9.17, 15) is 0 Å². The van der Waals surface area contributed by atoms with E-state index < -0.39 is 0 Å². The second kappa shape index (κ2) is 5.14. The molecule has 92 valence electrons. The third-order valence-corrected chi connectivity index (χ3v) is 2.77. The maximum atomic E-state index is 4.39. The van der Waals surface area contributed by atoms with Crippen LogP contribution in [0.3, 0.4) is 0 Å². The van der Waals surface area contributed by atoms with Gasteiger partial charge in [0.2, 0.25) is 0 Å². The third-order valence-electron chi connectivity index (χ3n) is 2.77. The number of aromatic amines is 1. The Morgan fingerprint density at radius 2 is 2.29 bits per heavy atom. The summed E-state index contributed by atoms with van der Waals surface area (Å²) < 4.78 is 1.83. The number of aryl methyl sites for hydroxylation is 3. The van der Waals surface area contributed by atoms with Crippen LogP contribution in [0.15, 0.2) is 12.4 Å². The average molecular weight is 233 g/mol. The fourth-order valence-corrected chi connectivity index (χ4v) is 1.92. The SMILES string of the molecule is CNCCCc1ncc(-c2cn(C)nc2C)[nH]1. The van der Waals surface area contributed by atoms with E-state index in [1.165, 1.54) is 0 Å². The summed E-state index contributed by atoms with van der Waals surface area (Å²) in [6.45, 7) is 3.03. The molecule has 2 aromatic heterocycles. The van der Waals surface area contributed by atoms with Crippen LogP contribution in [0.1, 0.15) is 17.9 Å². The largest absolute Gasteiger partial charge is 0.342 e. The standard InChI is InChI=1S/C12H19N5/c1-9-10(8-17(3)16-9)11-7-14-12(15-11)5-4-6-13-2/h7-8,13H,4-6H2,1-3H3,(H,14,15). The summed E-state index contributed by atoms with van der Waals surface area (Å²) in [7, 11) is 3.90. The number of aromatic nitrogens is 4. The van der Waals surface area contributed by atoms with Gasteiger partial charge in [-0.05, 0) is 26.9 Å². The van der Waals surface area contributed by atoms with Crippen LogP contribution < -0.4 is 5.32 Å². The molecule has 0 fully saturated rings. The highest BCUT2D eigenvalue weighted by molar-refractivity contribution is 5.60. The fraction of sp³-hybridized carbons (Fsp3) is 0.500. The molecule has 17 heavy (non-hydrogen) atoms. The van der Waals surface area contributed by atoms with E-state index in [1.807, 2.05) is 38.1 Å². The number of hydrogen-bond acceptors (Lipinski definition) is 3. The summed E-state index contributed by atoms with van der Waals surface area (Å²) >= 11 is 0. The quantitative estimate of drug-likeness (QED) is 0.765. The summed E-state index contributed by atoms with van der Waals surface area (Å²) in [5, 5.41) is 7.46. The monoisotopic (exact) mass is 233 g/mol. The number of rotatable bonds is 5. The van der Waals surface area contributed by atoms with Crippen LogP contribution in [0.4, 0.5) is 0 Å². The van der Waals surface area contributed by atoms with Crippen molar-refractivity contribution in [2.45, 2.75) is 19.8 Å². The van der Waals surface area contributed by atoms with E-state index in [0.29, 0.717) is 0 Å². The number of nitrogens with zero attached hydrogens (tertiary/aromatic N) is 3. The van der Waals surface area contributed by atoms with Crippen LogP contribution in [0.2, 0.25) is 0 Å². The van der Waals surface area contributed by atoms with E-state index in [1.54, 1.807) is 0 Å². The molecule has 2 N–H and O–H groups in total. The van der Waals surface area contributed by atoms with Crippen molar-refractivity contribution >= 4 is 0 Å². The fourth-order valence-electron chi connectivity index (χ4n) is 1.92. The van der Waals surface area contributed by atoms with Gasteiger partial charge in [0.05, 0.1) is 17.6 Å². The van der Waals surface area contributed by atoms with E-state index in [0.717, 1.165) is 42.2 Å². The summed E-state index contributed by atoms with van der Waals surface area (Å²) in [4.78, 5) is 7.74. The van der Waals surface area contributed by atoms with Gasteiger partial charge in [-0.2, -0.15) is 5.10 Å². The van der Waals surface area contributed by atoms with E-state index in [2.05, 4.69) is 20.4 Å². The molecule has 0 bridgehead atoms. The van der Waals surface area contributed by atoms with Crippen LogP contribution in [-0.2, 0) is 13.5 Å². The molecule has 0 atom stereocenters.